The van der Waals surface area contributed by atoms with Crippen molar-refractivity contribution in [2.24, 2.45) is 17.8 Å². The number of hydrogen-bond donors (Lipinski definition) is 1. The fourth-order valence-corrected chi connectivity index (χ4v) is 2.69. The normalized spacial score (nSPS) is 29.9. The Labute approximate surface area is 86.7 Å². The van der Waals surface area contributed by atoms with Crippen LogP contribution in [0.1, 0.15) is 52.4 Å². The Morgan fingerprint density at radius 1 is 1.36 bits per heavy atom. The van der Waals surface area contributed by atoms with E-state index >= 15 is 0 Å². The van der Waals surface area contributed by atoms with Crippen molar-refractivity contribution in [1.29, 1.82) is 0 Å². The van der Waals surface area contributed by atoms with Crippen molar-refractivity contribution in [3.05, 3.63) is 0 Å². The van der Waals surface area contributed by atoms with Gasteiger partial charge in [0.25, 0.3) is 0 Å². The van der Waals surface area contributed by atoms with Crippen LogP contribution in [0.5, 0.6) is 0 Å². The fourth-order valence-electron chi connectivity index (χ4n) is 2.69. The molecule has 1 fully saturated rings. The average molecular weight is 198 g/mol. The molecule has 0 aromatic carbocycles. The van der Waals surface area contributed by atoms with E-state index in [-0.39, 0.29) is 5.92 Å². The first-order valence-corrected chi connectivity index (χ1v) is 5.88. The molecule has 0 amide bonds. The van der Waals surface area contributed by atoms with Gasteiger partial charge in [-0.2, -0.15) is 0 Å². The Morgan fingerprint density at radius 2 is 1.93 bits per heavy atom. The molecule has 0 aromatic rings. The molecule has 1 saturated carbocycles. The maximum absolute atomic E-state index is 10.8. The molecule has 0 spiro atoms. The largest absolute Gasteiger partial charge is 0.481 e. The maximum atomic E-state index is 10.8. The second-order valence-electron chi connectivity index (χ2n) is 4.69. The van der Waals surface area contributed by atoms with Crippen molar-refractivity contribution in [1.82, 2.24) is 0 Å². The minimum Gasteiger partial charge on any atom is -0.481 e. The van der Waals surface area contributed by atoms with Gasteiger partial charge in [-0.3, -0.25) is 4.79 Å². The number of carboxylic acids is 1. The van der Waals surface area contributed by atoms with Crippen molar-refractivity contribution in [3.63, 3.8) is 0 Å². The van der Waals surface area contributed by atoms with E-state index in [1.807, 2.05) is 6.92 Å². The van der Waals surface area contributed by atoms with Crippen LogP contribution >= 0.6 is 0 Å². The second-order valence-corrected chi connectivity index (χ2v) is 4.69. The van der Waals surface area contributed by atoms with Gasteiger partial charge in [0.2, 0.25) is 0 Å². The number of carbonyl (C=O) groups is 1. The van der Waals surface area contributed by atoms with E-state index in [2.05, 4.69) is 6.92 Å². The summed E-state index contributed by atoms with van der Waals surface area (Å²) in [5.41, 5.74) is 0. The molecule has 1 rings (SSSR count). The smallest absolute Gasteiger partial charge is 0.306 e. The lowest BCUT2D eigenvalue weighted by molar-refractivity contribution is -0.141. The Kier molecular flexibility index (Phi) is 4.43. The molecule has 0 heterocycles. The monoisotopic (exact) mass is 198 g/mol. The van der Waals surface area contributed by atoms with E-state index in [0.717, 1.165) is 12.3 Å². The number of aliphatic carboxylic acids is 1. The van der Waals surface area contributed by atoms with Crippen LogP contribution in [0.4, 0.5) is 0 Å². The fraction of sp³-hybridized carbons (Fsp3) is 0.917. The maximum Gasteiger partial charge on any atom is 0.306 e. The molecule has 82 valence electrons. The summed E-state index contributed by atoms with van der Waals surface area (Å²) in [6, 6.07) is 0. The first-order chi connectivity index (χ1) is 6.65. The summed E-state index contributed by atoms with van der Waals surface area (Å²) in [6.45, 7) is 4.07. The van der Waals surface area contributed by atoms with Crippen LogP contribution in [0.3, 0.4) is 0 Å². The van der Waals surface area contributed by atoms with Gasteiger partial charge in [0.05, 0.1) is 5.92 Å². The molecule has 1 N–H and O–H groups in total. The van der Waals surface area contributed by atoms with Crippen LogP contribution in [0.25, 0.3) is 0 Å². The lowest BCUT2D eigenvalue weighted by Crippen LogP contribution is -2.23. The molecule has 1 aliphatic carbocycles. The van der Waals surface area contributed by atoms with E-state index in [9.17, 15) is 4.79 Å². The van der Waals surface area contributed by atoms with E-state index in [1.54, 1.807) is 0 Å². The highest BCUT2D eigenvalue weighted by Crippen LogP contribution is 2.36. The summed E-state index contributed by atoms with van der Waals surface area (Å²) in [7, 11) is 0. The highest BCUT2D eigenvalue weighted by atomic mass is 16.4. The van der Waals surface area contributed by atoms with Crippen molar-refractivity contribution < 1.29 is 9.90 Å². The minimum atomic E-state index is -0.634. The van der Waals surface area contributed by atoms with Crippen LogP contribution < -0.4 is 0 Å². The zero-order valence-corrected chi connectivity index (χ0v) is 9.33. The standard InChI is InChI=1S/C12H22O2/c1-3-10-6-4-5-7-11(10)8-9(2)12(13)14/h9-11H,3-8H2,1-2H3,(H,13,14). The van der Waals surface area contributed by atoms with E-state index < -0.39 is 5.97 Å². The van der Waals surface area contributed by atoms with Crippen molar-refractivity contribution >= 4 is 5.97 Å². The minimum absolute atomic E-state index is 0.160. The average Bonchev–Trinajstić information content (AvgIpc) is 2.18. The predicted molar refractivity (Wildman–Crippen MR) is 57.2 cm³/mol. The molecule has 3 atom stereocenters. The third kappa shape index (κ3) is 3.00. The van der Waals surface area contributed by atoms with Gasteiger partial charge in [0.15, 0.2) is 0 Å². The molecule has 0 radical (unpaired) electrons. The van der Waals surface area contributed by atoms with E-state index in [0.29, 0.717) is 5.92 Å². The summed E-state index contributed by atoms with van der Waals surface area (Å²) in [4.78, 5) is 10.8. The van der Waals surface area contributed by atoms with Crippen molar-refractivity contribution in [3.8, 4) is 0 Å². The van der Waals surface area contributed by atoms with Crippen molar-refractivity contribution in [2.75, 3.05) is 0 Å². The second kappa shape index (κ2) is 5.38. The van der Waals surface area contributed by atoms with Crippen LogP contribution in [-0.2, 0) is 4.79 Å². The molecular formula is C12H22O2. The van der Waals surface area contributed by atoms with Gasteiger partial charge < -0.3 is 5.11 Å². The molecular weight excluding hydrogens is 176 g/mol. The molecule has 0 aromatic heterocycles. The molecule has 0 bridgehead atoms. The lowest BCUT2D eigenvalue weighted by atomic mass is 9.74. The summed E-state index contributed by atoms with van der Waals surface area (Å²) >= 11 is 0. The van der Waals surface area contributed by atoms with Crippen LogP contribution in [0.2, 0.25) is 0 Å². The first kappa shape index (κ1) is 11.5. The van der Waals surface area contributed by atoms with E-state index in [1.165, 1.54) is 32.1 Å². The zero-order valence-electron chi connectivity index (χ0n) is 9.33. The number of rotatable bonds is 4. The third-order valence-electron chi connectivity index (χ3n) is 3.67. The third-order valence-corrected chi connectivity index (χ3v) is 3.67. The van der Waals surface area contributed by atoms with Gasteiger partial charge in [0, 0.05) is 0 Å². The highest BCUT2D eigenvalue weighted by Gasteiger charge is 2.26. The topological polar surface area (TPSA) is 37.3 Å². The lowest BCUT2D eigenvalue weighted by Gasteiger charge is -2.31. The Balaban J connectivity index is 2.44. The van der Waals surface area contributed by atoms with E-state index in [4.69, 9.17) is 5.11 Å². The summed E-state index contributed by atoms with van der Waals surface area (Å²) in [5, 5.41) is 8.87. The van der Waals surface area contributed by atoms with Gasteiger partial charge in [0.1, 0.15) is 0 Å². The van der Waals surface area contributed by atoms with Gasteiger partial charge in [-0.05, 0) is 18.3 Å². The van der Waals surface area contributed by atoms with Crippen LogP contribution in [0.15, 0.2) is 0 Å². The molecule has 3 unspecified atom stereocenters. The Hall–Kier alpha value is -0.530. The molecule has 2 heteroatoms. The van der Waals surface area contributed by atoms with Crippen LogP contribution in [0, 0.1) is 17.8 Å². The molecule has 0 aliphatic heterocycles. The Morgan fingerprint density at radius 3 is 2.43 bits per heavy atom. The summed E-state index contributed by atoms with van der Waals surface area (Å²) < 4.78 is 0. The Bertz CT molecular complexity index is 189. The van der Waals surface area contributed by atoms with Gasteiger partial charge >= 0.3 is 5.97 Å². The molecule has 14 heavy (non-hydrogen) atoms. The predicted octanol–water partition coefficient (Wildman–Crippen LogP) is 3.31. The molecule has 0 saturated heterocycles. The quantitative estimate of drug-likeness (QED) is 0.752. The number of hydrogen-bond acceptors (Lipinski definition) is 1. The zero-order chi connectivity index (χ0) is 10.6. The van der Waals surface area contributed by atoms with Gasteiger partial charge in [-0.1, -0.05) is 46.0 Å². The van der Waals surface area contributed by atoms with Gasteiger partial charge in [-0.15, -0.1) is 0 Å². The first-order valence-electron chi connectivity index (χ1n) is 5.88. The van der Waals surface area contributed by atoms with Gasteiger partial charge in [-0.25, -0.2) is 0 Å². The van der Waals surface area contributed by atoms with Crippen molar-refractivity contribution in [2.45, 2.75) is 52.4 Å². The highest BCUT2D eigenvalue weighted by molar-refractivity contribution is 5.69. The van der Waals surface area contributed by atoms with Crippen LogP contribution in [-0.4, -0.2) is 11.1 Å². The molecule has 2 nitrogen and oxygen atoms in total. The summed E-state index contributed by atoms with van der Waals surface area (Å²) in [5.74, 6) is 0.656. The SMILES string of the molecule is CCC1CCCCC1CC(C)C(=O)O. The summed E-state index contributed by atoms with van der Waals surface area (Å²) in [6.07, 6.45) is 7.30. The molecule has 1 aliphatic rings. The number of carboxylic acid groups (broad SMARTS) is 1.